The molecule has 1 aromatic carbocycles. The second kappa shape index (κ2) is 12.9. The van der Waals surface area contributed by atoms with Gasteiger partial charge >= 0.3 is 0 Å². The maximum atomic E-state index is 12.8. The number of ether oxygens (including phenoxy) is 2. The van der Waals surface area contributed by atoms with Gasteiger partial charge in [0.15, 0.2) is 0 Å². The third-order valence-electron chi connectivity index (χ3n) is 7.68. The Hall–Kier alpha value is -2.35. The molecule has 1 saturated carbocycles. The number of amides is 1. The van der Waals surface area contributed by atoms with Crippen LogP contribution in [0.4, 0.5) is 0 Å². The summed E-state index contributed by atoms with van der Waals surface area (Å²) in [7, 11) is 0. The van der Waals surface area contributed by atoms with Crippen LogP contribution >= 0.6 is 11.6 Å². The zero-order valence-corrected chi connectivity index (χ0v) is 22.9. The monoisotopic (exact) mass is 530 g/mol. The van der Waals surface area contributed by atoms with Gasteiger partial charge < -0.3 is 18.8 Å². The van der Waals surface area contributed by atoms with E-state index in [2.05, 4.69) is 25.7 Å². The Morgan fingerprint density at radius 2 is 1.92 bits per heavy atom. The summed E-state index contributed by atoms with van der Waals surface area (Å²) in [4.78, 5) is 29.4. The standard InChI is InChI=1S/C29H39ClN2O5/c1-20(2)24-9-8-21(3)14-27(24)37-19-29(34)32-12-10-31(11-13-32)16-23-15-26(33)28(18-35-23)36-17-22-6-4-5-7-25(22)30/h4-7,15,18,20-21,24,27H,8-14,16-17,19H2,1-3H3/t21-,24+,27-/m1/s1. The first-order valence-electron chi connectivity index (χ1n) is 13.4. The highest BCUT2D eigenvalue weighted by Gasteiger charge is 2.32. The van der Waals surface area contributed by atoms with Gasteiger partial charge in [0.25, 0.3) is 0 Å². The van der Waals surface area contributed by atoms with Crippen LogP contribution in [0.5, 0.6) is 5.75 Å². The normalized spacial score (nSPS) is 22.8. The van der Waals surface area contributed by atoms with E-state index in [9.17, 15) is 9.59 Å². The SMILES string of the molecule is CC(C)[C@@H]1CC[C@@H](C)C[C@H]1OCC(=O)N1CCN(Cc2cc(=O)c(OCc3ccccc3Cl)co2)CC1. The lowest BCUT2D eigenvalue weighted by Gasteiger charge is -2.38. The smallest absolute Gasteiger partial charge is 0.248 e. The van der Waals surface area contributed by atoms with Crippen LogP contribution in [-0.2, 0) is 22.7 Å². The molecule has 1 aromatic heterocycles. The average Bonchev–Trinajstić information content (AvgIpc) is 2.88. The van der Waals surface area contributed by atoms with Crippen LogP contribution in [0.3, 0.4) is 0 Å². The van der Waals surface area contributed by atoms with Crippen LogP contribution in [0, 0.1) is 17.8 Å². The van der Waals surface area contributed by atoms with Gasteiger partial charge in [0.1, 0.15) is 25.2 Å². The van der Waals surface area contributed by atoms with E-state index in [1.165, 1.54) is 25.2 Å². The first-order valence-corrected chi connectivity index (χ1v) is 13.8. The highest BCUT2D eigenvalue weighted by Crippen LogP contribution is 2.35. The average molecular weight is 531 g/mol. The van der Waals surface area contributed by atoms with Gasteiger partial charge in [0.05, 0.1) is 12.6 Å². The van der Waals surface area contributed by atoms with Gasteiger partial charge in [-0.2, -0.15) is 0 Å². The molecule has 0 spiro atoms. The van der Waals surface area contributed by atoms with Crippen molar-refractivity contribution < 1.29 is 18.7 Å². The Morgan fingerprint density at radius 3 is 2.62 bits per heavy atom. The van der Waals surface area contributed by atoms with E-state index in [-0.39, 0.29) is 36.4 Å². The van der Waals surface area contributed by atoms with Crippen molar-refractivity contribution in [2.75, 3.05) is 32.8 Å². The minimum Gasteiger partial charge on any atom is -0.482 e. The van der Waals surface area contributed by atoms with Crippen molar-refractivity contribution >= 4 is 17.5 Å². The van der Waals surface area contributed by atoms with Gasteiger partial charge in [-0.1, -0.05) is 57.0 Å². The molecule has 3 atom stereocenters. The third-order valence-corrected chi connectivity index (χ3v) is 8.05. The number of halogens is 1. The van der Waals surface area contributed by atoms with Gasteiger partial charge in [-0.25, -0.2) is 0 Å². The van der Waals surface area contributed by atoms with Gasteiger partial charge in [-0.15, -0.1) is 0 Å². The number of carbonyl (C=O) groups excluding carboxylic acids is 1. The number of benzene rings is 1. The van der Waals surface area contributed by atoms with E-state index >= 15 is 0 Å². The Kier molecular flexibility index (Phi) is 9.68. The van der Waals surface area contributed by atoms with Crippen molar-refractivity contribution in [1.82, 2.24) is 9.80 Å². The highest BCUT2D eigenvalue weighted by molar-refractivity contribution is 6.31. The van der Waals surface area contributed by atoms with Crippen molar-refractivity contribution in [2.45, 2.75) is 59.3 Å². The molecule has 1 aliphatic heterocycles. The number of nitrogens with zero attached hydrogens (tertiary/aromatic N) is 2. The van der Waals surface area contributed by atoms with Crippen LogP contribution in [0.2, 0.25) is 5.02 Å². The molecule has 0 unspecified atom stereocenters. The van der Waals surface area contributed by atoms with Gasteiger partial charge in [0, 0.05) is 42.8 Å². The van der Waals surface area contributed by atoms with Crippen molar-refractivity contribution in [3.05, 3.63) is 63.2 Å². The van der Waals surface area contributed by atoms with Crippen LogP contribution in [-0.4, -0.2) is 54.6 Å². The van der Waals surface area contributed by atoms with E-state index in [0.29, 0.717) is 48.2 Å². The fourth-order valence-electron chi connectivity index (χ4n) is 5.35. The maximum Gasteiger partial charge on any atom is 0.248 e. The molecule has 1 amide bonds. The van der Waals surface area contributed by atoms with E-state index in [0.717, 1.165) is 25.1 Å². The molecule has 0 bridgehead atoms. The summed E-state index contributed by atoms with van der Waals surface area (Å²) in [5.74, 6) is 2.55. The predicted molar refractivity (Wildman–Crippen MR) is 144 cm³/mol. The van der Waals surface area contributed by atoms with Crippen LogP contribution in [0.25, 0.3) is 0 Å². The zero-order chi connectivity index (χ0) is 26.4. The molecule has 2 aromatic rings. The summed E-state index contributed by atoms with van der Waals surface area (Å²) in [6, 6.07) is 8.83. The number of hydrogen-bond acceptors (Lipinski definition) is 6. The summed E-state index contributed by atoms with van der Waals surface area (Å²) in [5.41, 5.74) is 0.578. The summed E-state index contributed by atoms with van der Waals surface area (Å²) < 4.78 is 17.5. The number of rotatable bonds is 9. The van der Waals surface area contributed by atoms with Crippen LogP contribution in [0.1, 0.15) is 51.4 Å². The molecular weight excluding hydrogens is 492 g/mol. The van der Waals surface area contributed by atoms with Crippen molar-refractivity contribution in [2.24, 2.45) is 17.8 Å². The lowest BCUT2D eigenvalue weighted by Crippen LogP contribution is -2.49. The van der Waals surface area contributed by atoms with E-state index < -0.39 is 0 Å². The largest absolute Gasteiger partial charge is 0.482 e. The minimum absolute atomic E-state index is 0.0620. The van der Waals surface area contributed by atoms with Crippen molar-refractivity contribution in [3.63, 3.8) is 0 Å². The molecule has 2 aliphatic rings. The first kappa shape index (κ1) is 27.7. The van der Waals surface area contributed by atoms with Gasteiger partial charge in [-0.05, 0) is 36.7 Å². The predicted octanol–water partition coefficient (Wildman–Crippen LogP) is 4.99. The second-order valence-electron chi connectivity index (χ2n) is 10.8. The third kappa shape index (κ3) is 7.59. The molecular formula is C29H39ClN2O5. The van der Waals surface area contributed by atoms with Gasteiger partial charge in [-0.3, -0.25) is 14.5 Å². The van der Waals surface area contributed by atoms with E-state index in [4.69, 9.17) is 25.5 Å². The van der Waals surface area contributed by atoms with E-state index in [1.54, 1.807) is 6.07 Å². The molecule has 2 heterocycles. The fourth-order valence-corrected chi connectivity index (χ4v) is 5.54. The number of piperazine rings is 1. The molecule has 37 heavy (non-hydrogen) atoms. The van der Waals surface area contributed by atoms with E-state index in [1.807, 2.05) is 23.1 Å². The first-order chi connectivity index (χ1) is 17.8. The topological polar surface area (TPSA) is 72.2 Å². The summed E-state index contributed by atoms with van der Waals surface area (Å²) in [6.45, 7) is 10.4. The maximum absolute atomic E-state index is 12.8. The molecule has 202 valence electrons. The highest BCUT2D eigenvalue weighted by atomic mass is 35.5. The minimum atomic E-state index is -0.226. The Balaban J connectivity index is 1.22. The Morgan fingerprint density at radius 1 is 1.16 bits per heavy atom. The molecule has 0 N–H and O–H groups in total. The Labute approximate surface area is 224 Å². The lowest BCUT2D eigenvalue weighted by atomic mass is 9.75. The molecule has 8 heteroatoms. The summed E-state index contributed by atoms with van der Waals surface area (Å²) >= 11 is 6.15. The lowest BCUT2D eigenvalue weighted by molar-refractivity contribution is -0.143. The van der Waals surface area contributed by atoms with Crippen molar-refractivity contribution in [1.29, 1.82) is 0 Å². The molecule has 7 nitrogen and oxygen atoms in total. The summed E-state index contributed by atoms with van der Waals surface area (Å²) in [6.07, 6.45) is 5.01. The summed E-state index contributed by atoms with van der Waals surface area (Å²) in [5, 5.41) is 0.594. The molecule has 1 aliphatic carbocycles. The van der Waals surface area contributed by atoms with Gasteiger partial charge in [0.2, 0.25) is 17.1 Å². The Bertz CT molecular complexity index is 1100. The zero-order valence-electron chi connectivity index (χ0n) is 22.2. The molecule has 4 rings (SSSR count). The number of hydrogen-bond donors (Lipinski definition) is 0. The van der Waals surface area contributed by atoms with Crippen LogP contribution in [0.15, 0.2) is 45.8 Å². The second-order valence-corrected chi connectivity index (χ2v) is 11.2. The quantitative estimate of drug-likeness (QED) is 0.454. The van der Waals surface area contributed by atoms with Crippen molar-refractivity contribution in [3.8, 4) is 5.75 Å². The van der Waals surface area contributed by atoms with Crippen LogP contribution < -0.4 is 10.2 Å². The number of carbonyl (C=O) groups is 1. The fraction of sp³-hybridized carbons (Fsp3) is 0.586. The molecule has 1 saturated heterocycles. The molecule has 0 radical (unpaired) electrons. The molecule has 2 fully saturated rings.